The molecule has 8 heteroatoms. The van der Waals surface area contributed by atoms with Gasteiger partial charge in [0.2, 0.25) is 5.91 Å². The van der Waals surface area contributed by atoms with Gasteiger partial charge in [0.05, 0.1) is 5.75 Å². The second kappa shape index (κ2) is 10.00. The fourth-order valence-corrected chi connectivity index (χ4v) is 3.92. The van der Waals surface area contributed by atoms with Crippen LogP contribution in [-0.2, 0) is 11.3 Å². The van der Waals surface area contributed by atoms with Gasteiger partial charge in [-0.05, 0) is 57.5 Å². The van der Waals surface area contributed by atoms with E-state index in [0.717, 1.165) is 17.1 Å². The molecule has 1 N–H and O–H groups in total. The van der Waals surface area contributed by atoms with Crippen LogP contribution in [0.5, 0.6) is 5.75 Å². The number of nitrogens with zero attached hydrogens (tertiary/aromatic N) is 3. The van der Waals surface area contributed by atoms with Crippen molar-refractivity contribution in [1.29, 1.82) is 0 Å². The average Bonchev–Trinajstić information content (AvgIpc) is 3.14. The molecule has 1 aromatic heterocycles. The molecule has 0 fully saturated rings. The summed E-state index contributed by atoms with van der Waals surface area (Å²) in [7, 11) is 0. The van der Waals surface area contributed by atoms with Crippen LogP contribution in [0.4, 0.5) is 5.69 Å². The van der Waals surface area contributed by atoms with Crippen molar-refractivity contribution in [3.05, 3.63) is 64.4 Å². The molecule has 0 aliphatic carbocycles. The molecule has 158 valence electrons. The highest BCUT2D eigenvalue weighted by Crippen LogP contribution is 2.26. The summed E-state index contributed by atoms with van der Waals surface area (Å²) in [5.41, 5.74) is 2.74. The number of thioether (sulfide) groups is 1. The van der Waals surface area contributed by atoms with E-state index in [1.807, 2.05) is 68.7 Å². The Morgan fingerprint density at radius 2 is 1.93 bits per heavy atom. The molecule has 0 radical (unpaired) electrons. The predicted octanol–water partition coefficient (Wildman–Crippen LogP) is 5.44. The first-order valence-corrected chi connectivity index (χ1v) is 11.1. The van der Waals surface area contributed by atoms with Gasteiger partial charge in [0.1, 0.15) is 5.75 Å². The summed E-state index contributed by atoms with van der Waals surface area (Å²) < 4.78 is 7.99. The Kier molecular flexibility index (Phi) is 7.39. The number of anilines is 1. The molecule has 1 heterocycles. The molecule has 0 saturated heterocycles. The number of carbonyl (C=O) groups is 1. The smallest absolute Gasteiger partial charge is 0.234 e. The van der Waals surface area contributed by atoms with E-state index in [2.05, 4.69) is 15.5 Å². The zero-order valence-electron chi connectivity index (χ0n) is 17.5. The number of benzene rings is 2. The summed E-state index contributed by atoms with van der Waals surface area (Å²) in [5.74, 6) is 1.61. The third-order valence-corrected chi connectivity index (χ3v) is 6.01. The van der Waals surface area contributed by atoms with E-state index in [1.165, 1.54) is 17.3 Å². The highest BCUT2D eigenvalue weighted by Gasteiger charge is 2.19. The molecule has 2 aromatic carbocycles. The van der Waals surface area contributed by atoms with Crippen LogP contribution in [0.15, 0.2) is 47.6 Å². The van der Waals surface area contributed by atoms with Crippen molar-refractivity contribution in [2.45, 2.75) is 45.5 Å². The Bertz CT molecular complexity index is 1020. The van der Waals surface area contributed by atoms with E-state index in [4.69, 9.17) is 16.3 Å². The van der Waals surface area contributed by atoms with Crippen molar-refractivity contribution in [3.63, 3.8) is 0 Å². The van der Waals surface area contributed by atoms with E-state index in [1.54, 1.807) is 6.07 Å². The number of amides is 1. The molecular weight excluding hydrogens is 420 g/mol. The molecule has 0 aliphatic rings. The number of rotatable bonds is 8. The van der Waals surface area contributed by atoms with Gasteiger partial charge in [-0.25, -0.2) is 0 Å². The van der Waals surface area contributed by atoms with E-state index in [0.29, 0.717) is 22.4 Å². The van der Waals surface area contributed by atoms with E-state index >= 15 is 0 Å². The van der Waals surface area contributed by atoms with Gasteiger partial charge in [0, 0.05) is 17.3 Å². The van der Waals surface area contributed by atoms with E-state index < -0.39 is 0 Å². The van der Waals surface area contributed by atoms with Crippen LogP contribution < -0.4 is 10.1 Å². The maximum absolute atomic E-state index is 12.4. The fourth-order valence-electron chi connectivity index (χ4n) is 2.94. The highest BCUT2D eigenvalue weighted by molar-refractivity contribution is 7.99. The van der Waals surface area contributed by atoms with Gasteiger partial charge < -0.3 is 14.6 Å². The Morgan fingerprint density at radius 1 is 1.20 bits per heavy atom. The van der Waals surface area contributed by atoms with Crippen LogP contribution in [0, 0.1) is 13.8 Å². The lowest BCUT2D eigenvalue weighted by Crippen LogP contribution is -2.16. The van der Waals surface area contributed by atoms with Crippen molar-refractivity contribution < 1.29 is 9.53 Å². The first kappa shape index (κ1) is 22.2. The lowest BCUT2D eigenvalue weighted by Gasteiger charge is -2.15. The number of halogens is 1. The number of hydrogen-bond acceptors (Lipinski definition) is 5. The number of aryl methyl sites for hydroxylation is 1. The molecule has 3 aromatic rings. The minimum Gasteiger partial charge on any atom is -0.483 e. The van der Waals surface area contributed by atoms with Gasteiger partial charge in [0.25, 0.3) is 0 Å². The number of ether oxygens (including phenoxy) is 1. The lowest BCUT2D eigenvalue weighted by molar-refractivity contribution is -0.113. The number of hydrogen-bond donors (Lipinski definition) is 1. The van der Waals surface area contributed by atoms with Gasteiger partial charge >= 0.3 is 0 Å². The Morgan fingerprint density at radius 3 is 2.63 bits per heavy atom. The van der Waals surface area contributed by atoms with Crippen LogP contribution in [-0.4, -0.2) is 26.4 Å². The predicted molar refractivity (Wildman–Crippen MR) is 121 cm³/mol. The van der Waals surface area contributed by atoms with E-state index in [-0.39, 0.29) is 17.8 Å². The Labute approximate surface area is 186 Å². The topological polar surface area (TPSA) is 69.0 Å². The lowest BCUT2D eigenvalue weighted by atomic mass is 10.2. The third kappa shape index (κ3) is 5.34. The van der Waals surface area contributed by atoms with Crippen molar-refractivity contribution in [1.82, 2.24) is 14.8 Å². The summed E-state index contributed by atoms with van der Waals surface area (Å²) in [5, 5.41) is 12.8. The van der Waals surface area contributed by atoms with Crippen molar-refractivity contribution in [2.75, 3.05) is 11.1 Å². The van der Waals surface area contributed by atoms with Gasteiger partial charge in [-0.3, -0.25) is 4.79 Å². The standard InChI is InChI=1S/C22H25ClN4O2S/c1-5-27-21(16(4)29-17-11-9-14(2)10-12-17)25-26-22(27)30-13-20(28)24-19-8-6-7-18(23)15(19)3/h6-12,16H,5,13H2,1-4H3,(H,24,28). The molecule has 6 nitrogen and oxygen atoms in total. The second-order valence-electron chi connectivity index (χ2n) is 6.91. The largest absolute Gasteiger partial charge is 0.483 e. The van der Waals surface area contributed by atoms with Gasteiger partial charge in [0.15, 0.2) is 17.1 Å². The molecule has 1 atom stereocenters. The Hall–Kier alpha value is -2.51. The molecular formula is C22H25ClN4O2S. The third-order valence-electron chi connectivity index (χ3n) is 4.63. The number of carbonyl (C=O) groups excluding carboxylic acids is 1. The summed E-state index contributed by atoms with van der Waals surface area (Å²) in [6, 6.07) is 13.3. The highest BCUT2D eigenvalue weighted by atomic mass is 35.5. The van der Waals surface area contributed by atoms with Gasteiger partial charge in [-0.1, -0.05) is 47.1 Å². The fraction of sp³-hybridized carbons (Fsp3) is 0.318. The molecule has 3 rings (SSSR count). The second-order valence-corrected chi connectivity index (χ2v) is 8.26. The zero-order chi connectivity index (χ0) is 21.7. The van der Waals surface area contributed by atoms with Crippen LogP contribution >= 0.6 is 23.4 Å². The summed E-state index contributed by atoms with van der Waals surface area (Å²) >= 11 is 7.46. The Balaban J connectivity index is 1.64. The van der Waals surface area contributed by atoms with Crippen molar-refractivity contribution >= 4 is 35.0 Å². The SMILES string of the molecule is CCn1c(SCC(=O)Nc2cccc(Cl)c2C)nnc1C(C)Oc1ccc(C)cc1. The van der Waals surface area contributed by atoms with Crippen molar-refractivity contribution in [2.24, 2.45) is 0 Å². The zero-order valence-corrected chi connectivity index (χ0v) is 19.0. The maximum atomic E-state index is 12.4. The summed E-state index contributed by atoms with van der Waals surface area (Å²) in [4.78, 5) is 12.4. The van der Waals surface area contributed by atoms with Crippen LogP contribution in [0.25, 0.3) is 0 Å². The molecule has 0 saturated carbocycles. The molecule has 30 heavy (non-hydrogen) atoms. The first-order chi connectivity index (χ1) is 14.4. The minimum atomic E-state index is -0.266. The molecule has 1 amide bonds. The molecule has 1 unspecified atom stereocenters. The number of aromatic nitrogens is 3. The van der Waals surface area contributed by atoms with Crippen LogP contribution in [0.3, 0.4) is 0 Å². The molecule has 0 bridgehead atoms. The summed E-state index contributed by atoms with van der Waals surface area (Å²) in [6.45, 7) is 8.56. The van der Waals surface area contributed by atoms with Gasteiger partial charge in [-0.15, -0.1) is 10.2 Å². The van der Waals surface area contributed by atoms with Crippen LogP contribution in [0.2, 0.25) is 5.02 Å². The monoisotopic (exact) mass is 444 g/mol. The van der Waals surface area contributed by atoms with Crippen LogP contribution in [0.1, 0.15) is 36.9 Å². The average molecular weight is 445 g/mol. The summed E-state index contributed by atoms with van der Waals surface area (Å²) in [6.07, 6.45) is -0.266. The quantitative estimate of drug-likeness (QED) is 0.468. The van der Waals surface area contributed by atoms with E-state index in [9.17, 15) is 4.79 Å². The molecule has 0 aliphatic heterocycles. The minimum absolute atomic E-state index is 0.124. The number of nitrogens with one attached hydrogen (secondary N) is 1. The van der Waals surface area contributed by atoms with Gasteiger partial charge in [-0.2, -0.15) is 0 Å². The normalized spacial score (nSPS) is 11.9. The first-order valence-electron chi connectivity index (χ1n) is 9.73. The van der Waals surface area contributed by atoms with Crippen molar-refractivity contribution in [3.8, 4) is 5.75 Å². The maximum Gasteiger partial charge on any atom is 0.234 e. The molecule has 0 spiro atoms.